The van der Waals surface area contributed by atoms with Gasteiger partial charge in [-0.25, -0.2) is 4.39 Å². The Balaban J connectivity index is 1.68. The lowest BCUT2D eigenvalue weighted by molar-refractivity contribution is -0.121. The van der Waals surface area contributed by atoms with Crippen LogP contribution in [0.2, 0.25) is 0 Å². The number of amides is 1. The maximum absolute atomic E-state index is 14.7. The van der Waals surface area contributed by atoms with E-state index in [9.17, 15) is 9.18 Å². The minimum absolute atomic E-state index is 0.144. The van der Waals surface area contributed by atoms with Gasteiger partial charge in [0.1, 0.15) is 11.6 Å². The van der Waals surface area contributed by atoms with Crippen LogP contribution in [-0.4, -0.2) is 10.9 Å². The average molecular weight is 390 g/mol. The van der Waals surface area contributed by atoms with E-state index in [2.05, 4.69) is 23.3 Å². The van der Waals surface area contributed by atoms with E-state index in [1.807, 2.05) is 18.3 Å². The molecule has 29 heavy (non-hydrogen) atoms. The SMILES string of the molecule is CCc1cccc2c([C@@H](CC(=O)NCc3ccco3)c3ccccc3F)c[nH]c12. The van der Waals surface area contributed by atoms with Crippen molar-refractivity contribution in [2.45, 2.75) is 32.2 Å². The fourth-order valence-electron chi connectivity index (χ4n) is 3.82. The molecular formula is C24H23FN2O2. The van der Waals surface area contributed by atoms with Crippen LogP contribution in [0.1, 0.15) is 41.7 Å². The van der Waals surface area contributed by atoms with Gasteiger partial charge in [-0.1, -0.05) is 43.3 Å². The summed E-state index contributed by atoms with van der Waals surface area (Å²) in [6.07, 6.45) is 4.51. The van der Waals surface area contributed by atoms with Crippen molar-refractivity contribution in [3.63, 3.8) is 0 Å². The molecule has 1 atom stereocenters. The number of aromatic amines is 1. The van der Waals surface area contributed by atoms with E-state index in [-0.39, 0.29) is 18.1 Å². The molecule has 0 aliphatic heterocycles. The van der Waals surface area contributed by atoms with Crippen molar-refractivity contribution < 1.29 is 13.6 Å². The molecule has 0 unspecified atom stereocenters. The lowest BCUT2D eigenvalue weighted by Crippen LogP contribution is -2.25. The summed E-state index contributed by atoms with van der Waals surface area (Å²) in [6.45, 7) is 2.41. The first-order valence-electron chi connectivity index (χ1n) is 9.79. The summed E-state index contributed by atoms with van der Waals surface area (Å²) >= 11 is 0. The molecule has 0 saturated carbocycles. The van der Waals surface area contributed by atoms with Crippen molar-refractivity contribution >= 4 is 16.8 Å². The Morgan fingerprint density at radius 3 is 2.72 bits per heavy atom. The van der Waals surface area contributed by atoms with Gasteiger partial charge in [0.25, 0.3) is 0 Å². The predicted octanol–water partition coefficient (Wildman–Crippen LogP) is 5.30. The van der Waals surface area contributed by atoms with Gasteiger partial charge in [0, 0.05) is 29.4 Å². The topological polar surface area (TPSA) is 58.0 Å². The van der Waals surface area contributed by atoms with E-state index in [1.54, 1.807) is 36.6 Å². The third kappa shape index (κ3) is 3.94. The summed E-state index contributed by atoms with van der Waals surface area (Å²) in [5, 5.41) is 3.90. The molecule has 148 valence electrons. The van der Waals surface area contributed by atoms with Crippen LogP contribution in [0.25, 0.3) is 10.9 Å². The van der Waals surface area contributed by atoms with Crippen molar-refractivity contribution in [3.05, 3.63) is 95.3 Å². The van der Waals surface area contributed by atoms with Crippen LogP contribution < -0.4 is 5.32 Å². The van der Waals surface area contributed by atoms with Gasteiger partial charge in [0.15, 0.2) is 0 Å². The van der Waals surface area contributed by atoms with Gasteiger partial charge in [0.2, 0.25) is 5.91 Å². The first-order valence-corrected chi connectivity index (χ1v) is 9.79. The third-order valence-electron chi connectivity index (χ3n) is 5.30. The monoisotopic (exact) mass is 390 g/mol. The Hall–Kier alpha value is -3.34. The zero-order valence-electron chi connectivity index (χ0n) is 16.2. The summed E-state index contributed by atoms with van der Waals surface area (Å²) < 4.78 is 19.9. The molecule has 2 heterocycles. The molecule has 5 heteroatoms. The summed E-state index contributed by atoms with van der Waals surface area (Å²) in [6, 6.07) is 16.4. The average Bonchev–Trinajstić information content (AvgIpc) is 3.41. The largest absolute Gasteiger partial charge is 0.467 e. The van der Waals surface area contributed by atoms with E-state index in [0.29, 0.717) is 17.9 Å². The molecule has 2 aromatic carbocycles. The minimum atomic E-state index is -0.395. The van der Waals surface area contributed by atoms with E-state index < -0.39 is 5.92 Å². The number of aryl methyl sites for hydroxylation is 1. The van der Waals surface area contributed by atoms with Crippen LogP contribution in [0.5, 0.6) is 0 Å². The number of para-hydroxylation sites is 1. The maximum atomic E-state index is 14.7. The van der Waals surface area contributed by atoms with Gasteiger partial charge in [-0.3, -0.25) is 4.79 Å². The van der Waals surface area contributed by atoms with Crippen LogP contribution in [0, 0.1) is 5.82 Å². The van der Waals surface area contributed by atoms with Gasteiger partial charge in [-0.05, 0) is 41.3 Å². The Morgan fingerprint density at radius 1 is 1.10 bits per heavy atom. The number of aromatic nitrogens is 1. The number of rotatable bonds is 7. The summed E-state index contributed by atoms with van der Waals surface area (Å²) in [5.41, 5.74) is 3.68. The fourth-order valence-corrected chi connectivity index (χ4v) is 3.82. The van der Waals surface area contributed by atoms with Crippen molar-refractivity contribution in [2.24, 2.45) is 0 Å². The first kappa shape index (κ1) is 19.0. The number of H-pyrrole nitrogens is 1. The number of carbonyl (C=O) groups excluding carboxylic acids is 1. The maximum Gasteiger partial charge on any atom is 0.221 e. The molecule has 4 rings (SSSR count). The van der Waals surface area contributed by atoms with Crippen LogP contribution in [0.15, 0.2) is 71.5 Å². The second-order valence-corrected chi connectivity index (χ2v) is 7.07. The van der Waals surface area contributed by atoms with Gasteiger partial charge in [-0.2, -0.15) is 0 Å². The predicted molar refractivity (Wildman–Crippen MR) is 111 cm³/mol. The number of nitrogens with one attached hydrogen (secondary N) is 2. The highest BCUT2D eigenvalue weighted by molar-refractivity contribution is 5.88. The van der Waals surface area contributed by atoms with E-state index in [0.717, 1.165) is 22.9 Å². The zero-order valence-corrected chi connectivity index (χ0v) is 16.2. The lowest BCUT2D eigenvalue weighted by Gasteiger charge is -2.18. The van der Waals surface area contributed by atoms with Crippen molar-refractivity contribution in [2.75, 3.05) is 0 Å². The van der Waals surface area contributed by atoms with Crippen LogP contribution in [-0.2, 0) is 17.8 Å². The molecule has 0 fully saturated rings. The fraction of sp³-hybridized carbons (Fsp3) is 0.208. The number of fused-ring (bicyclic) bond motifs is 1. The van der Waals surface area contributed by atoms with Crippen LogP contribution >= 0.6 is 0 Å². The Bertz CT molecular complexity index is 1120. The normalized spacial score (nSPS) is 12.2. The highest BCUT2D eigenvalue weighted by atomic mass is 19.1. The van der Waals surface area contributed by atoms with Gasteiger partial charge >= 0.3 is 0 Å². The number of furan rings is 1. The molecule has 0 aliphatic rings. The second-order valence-electron chi connectivity index (χ2n) is 7.07. The smallest absolute Gasteiger partial charge is 0.221 e. The standard InChI is InChI=1S/C24H23FN2O2/c1-2-16-7-5-10-19-21(15-27-24(16)19)20(18-9-3-4-11-22(18)25)13-23(28)26-14-17-8-6-12-29-17/h3-12,15,20,27H,2,13-14H2,1H3,(H,26,28)/t20-/m0/s1. The molecular weight excluding hydrogens is 367 g/mol. The third-order valence-corrected chi connectivity index (χ3v) is 5.30. The van der Waals surface area contributed by atoms with Gasteiger partial charge in [-0.15, -0.1) is 0 Å². The van der Waals surface area contributed by atoms with E-state index >= 15 is 0 Å². The molecule has 0 bridgehead atoms. The number of hydrogen-bond acceptors (Lipinski definition) is 2. The molecule has 4 aromatic rings. The Kier molecular flexibility index (Phi) is 5.47. The number of halogens is 1. The Morgan fingerprint density at radius 2 is 1.97 bits per heavy atom. The molecule has 0 radical (unpaired) electrons. The molecule has 0 saturated heterocycles. The number of carbonyl (C=O) groups is 1. The molecule has 2 N–H and O–H groups in total. The van der Waals surface area contributed by atoms with E-state index in [4.69, 9.17) is 4.42 Å². The van der Waals surface area contributed by atoms with Crippen LogP contribution in [0.3, 0.4) is 0 Å². The van der Waals surface area contributed by atoms with E-state index in [1.165, 1.54) is 11.6 Å². The van der Waals surface area contributed by atoms with Crippen molar-refractivity contribution in [1.82, 2.24) is 10.3 Å². The van der Waals surface area contributed by atoms with Gasteiger partial charge < -0.3 is 14.7 Å². The highest BCUT2D eigenvalue weighted by Gasteiger charge is 2.24. The van der Waals surface area contributed by atoms with Crippen LogP contribution in [0.4, 0.5) is 4.39 Å². The summed E-state index contributed by atoms with van der Waals surface area (Å²) in [7, 11) is 0. The summed E-state index contributed by atoms with van der Waals surface area (Å²) in [4.78, 5) is 16.0. The number of benzene rings is 2. The Labute approximate surface area is 168 Å². The minimum Gasteiger partial charge on any atom is -0.467 e. The van der Waals surface area contributed by atoms with Crippen molar-refractivity contribution in [3.8, 4) is 0 Å². The van der Waals surface area contributed by atoms with Crippen molar-refractivity contribution in [1.29, 1.82) is 0 Å². The molecule has 0 spiro atoms. The molecule has 0 aliphatic carbocycles. The second kappa shape index (κ2) is 8.35. The zero-order chi connectivity index (χ0) is 20.2. The van der Waals surface area contributed by atoms with Gasteiger partial charge in [0.05, 0.1) is 12.8 Å². The molecule has 1 amide bonds. The summed E-state index contributed by atoms with van der Waals surface area (Å²) in [5.74, 6) is -0.179. The molecule has 2 aromatic heterocycles. The first-order chi connectivity index (χ1) is 14.2. The lowest BCUT2D eigenvalue weighted by atomic mass is 9.87. The number of hydrogen-bond donors (Lipinski definition) is 2. The molecule has 4 nitrogen and oxygen atoms in total. The quantitative estimate of drug-likeness (QED) is 0.450. The highest BCUT2D eigenvalue weighted by Crippen LogP contribution is 2.35.